The number of H-pyrrole nitrogens is 1. The molecule has 1 aliphatic heterocycles. The predicted octanol–water partition coefficient (Wildman–Crippen LogP) is 11.4. The molecule has 5 atom stereocenters. The fourth-order valence-electron chi connectivity index (χ4n) is 11.1. The summed E-state index contributed by atoms with van der Waals surface area (Å²) in [5, 5.41) is 16.3. The molecule has 7 aromatic carbocycles. The third-order valence-corrected chi connectivity index (χ3v) is 17.6. The van der Waals surface area contributed by atoms with E-state index in [1.54, 1.807) is 21.3 Å². The Balaban J connectivity index is 1.22. The van der Waals surface area contributed by atoms with Gasteiger partial charge >= 0.3 is 13.6 Å². The van der Waals surface area contributed by atoms with Crippen molar-refractivity contribution in [1.29, 1.82) is 5.26 Å². The minimum absolute atomic E-state index is 0.00484. The standard InChI is InChI=1S/C61H67N4O10P/c1-38(2)65(39(3)4)76(68,32-14-30-62)75-56-52(37-73-61(43-15-12-11-13-16-43,44-19-23-47(69-8)24-20-44)45-21-25-48(70-9)26-22-45)74-58(64-31-29-53(66)63-59(64)67)57(56)72-36-42-35-51(71-10)50-28-18-41-34-46(60(5,6)7)33-40-17-27-49(42)55(50)54(40)41/h11-13,15-29,31,33-35,38-39,52,56-58,68H,14,32,36-37H2,1-10H3/p+1/t52-,56-,57-,58-,76?/m1/s1. The molecular weight excluding hydrogens is 980 g/mol. The largest absolute Gasteiger partial charge is 0.497 e. The lowest BCUT2D eigenvalue weighted by Crippen LogP contribution is -2.46. The third-order valence-electron chi connectivity index (χ3n) is 14.6. The first kappa shape index (κ1) is 54.1. The van der Waals surface area contributed by atoms with Gasteiger partial charge in [0.25, 0.3) is 5.56 Å². The van der Waals surface area contributed by atoms with Gasteiger partial charge in [-0.2, -0.15) is 9.79 Å². The zero-order valence-electron chi connectivity index (χ0n) is 44.9. The zero-order chi connectivity index (χ0) is 54.1. The monoisotopic (exact) mass is 1050 g/mol. The lowest BCUT2D eigenvalue weighted by atomic mass is 9.80. The van der Waals surface area contributed by atoms with E-state index in [2.05, 4.69) is 68.2 Å². The van der Waals surface area contributed by atoms with Crippen molar-refractivity contribution in [2.24, 2.45) is 0 Å². The highest BCUT2D eigenvalue weighted by atomic mass is 31.2. The first-order valence-corrected chi connectivity index (χ1v) is 27.5. The summed E-state index contributed by atoms with van der Waals surface area (Å²) >= 11 is 0. The highest BCUT2D eigenvalue weighted by Crippen LogP contribution is 2.64. The Bertz CT molecular complexity index is 3390. The van der Waals surface area contributed by atoms with Gasteiger partial charge in [-0.25, -0.2) is 9.69 Å². The van der Waals surface area contributed by atoms with E-state index in [0.717, 1.165) is 54.6 Å². The zero-order valence-corrected chi connectivity index (χ0v) is 45.8. The fourth-order valence-corrected chi connectivity index (χ4v) is 14.0. The van der Waals surface area contributed by atoms with Gasteiger partial charge in [-0.05, 0) is 119 Å². The van der Waals surface area contributed by atoms with E-state index in [0.29, 0.717) is 17.2 Å². The Morgan fingerprint density at radius 1 is 0.737 bits per heavy atom. The van der Waals surface area contributed by atoms with E-state index in [-0.39, 0.29) is 43.3 Å². The number of nitriles is 1. The Kier molecular flexibility index (Phi) is 15.8. The van der Waals surface area contributed by atoms with Gasteiger partial charge in [0.2, 0.25) is 0 Å². The lowest BCUT2D eigenvalue weighted by Gasteiger charge is -2.39. The van der Waals surface area contributed by atoms with Crippen LogP contribution in [0.5, 0.6) is 17.2 Å². The smallest absolute Gasteiger partial charge is 0.347 e. The highest BCUT2D eigenvalue weighted by Gasteiger charge is 2.58. The molecule has 2 N–H and O–H groups in total. The number of benzene rings is 7. The summed E-state index contributed by atoms with van der Waals surface area (Å²) in [5.74, 6) is 1.96. The number of hydrogen-bond donors (Lipinski definition) is 2. The topological polar surface area (TPSA) is 167 Å². The molecule has 1 unspecified atom stereocenters. The number of methoxy groups -OCH3 is 3. The molecule has 1 fully saturated rings. The fraction of sp³-hybridized carbons (Fsp3) is 0.361. The van der Waals surface area contributed by atoms with Crippen molar-refractivity contribution in [2.75, 3.05) is 34.1 Å². The summed E-state index contributed by atoms with van der Waals surface area (Å²) < 4.78 is 49.6. The first-order chi connectivity index (χ1) is 36.4. The number of aromatic nitrogens is 2. The van der Waals surface area contributed by atoms with Gasteiger partial charge < -0.3 is 28.4 Å². The van der Waals surface area contributed by atoms with Crippen molar-refractivity contribution in [3.05, 3.63) is 182 Å². The first-order valence-electron chi connectivity index (χ1n) is 25.8. The van der Waals surface area contributed by atoms with Crippen LogP contribution in [-0.2, 0) is 36.4 Å². The van der Waals surface area contributed by atoms with Crippen LogP contribution in [0.15, 0.2) is 143 Å². The second-order valence-electron chi connectivity index (χ2n) is 21.0. The van der Waals surface area contributed by atoms with Crippen LogP contribution < -0.4 is 25.5 Å². The Hall–Kier alpha value is -6.66. The highest BCUT2D eigenvalue weighted by molar-refractivity contribution is 7.63. The number of nitrogens with zero attached hydrogens (tertiary/aromatic N) is 3. The molecule has 8 aromatic rings. The minimum atomic E-state index is -3.73. The SMILES string of the molecule is COc1ccc(C(OC[C@H]2O[C@@H](n3ccc(=O)[nH]c3=O)[C@H](OCc3cc(OC)c4ccc5cc(C(C)(C)C)cc6ccc3c4c65)[C@@H]2O[P+](O)(CCC#N)N(C(C)C)C(C)C)(c2ccccc2)c2ccc(OC)cc2)cc1. The van der Waals surface area contributed by atoms with Crippen molar-refractivity contribution in [2.45, 2.75) is 109 Å². The van der Waals surface area contributed by atoms with Crippen molar-refractivity contribution < 1.29 is 37.8 Å². The summed E-state index contributed by atoms with van der Waals surface area (Å²) in [5.41, 5.74) is 1.64. The number of ether oxygens (including phenoxy) is 6. The van der Waals surface area contributed by atoms with Crippen LogP contribution in [-0.4, -0.2) is 83.6 Å². The second-order valence-corrected chi connectivity index (χ2v) is 23.4. The maximum absolute atomic E-state index is 14.1. The van der Waals surface area contributed by atoms with Crippen LogP contribution in [0.2, 0.25) is 0 Å². The van der Waals surface area contributed by atoms with E-state index in [1.165, 1.54) is 22.4 Å². The molecule has 396 valence electrons. The summed E-state index contributed by atoms with van der Waals surface area (Å²) in [6.07, 6.45) is -3.20. The molecule has 1 aliphatic rings. The molecule has 1 aromatic heterocycles. The Labute approximate surface area is 444 Å². The molecule has 9 rings (SSSR count). The average molecular weight is 1050 g/mol. The molecule has 0 spiro atoms. The van der Waals surface area contributed by atoms with Gasteiger partial charge in [-0.3, -0.25) is 14.3 Å². The summed E-state index contributed by atoms with van der Waals surface area (Å²) in [4.78, 5) is 42.4. The van der Waals surface area contributed by atoms with Crippen molar-refractivity contribution in [3.63, 3.8) is 0 Å². The summed E-state index contributed by atoms with van der Waals surface area (Å²) in [7, 11) is 1.15. The van der Waals surface area contributed by atoms with Crippen molar-refractivity contribution in [3.8, 4) is 23.3 Å². The van der Waals surface area contributed by atoms with Crippen molar-refractivity contribution >= 4 is 40.2 Å². The summed E-state index contributed by atoms with van der Waals surface area (Å²) in [6, 6.07) is 43.2. The van der Waals surface area contributed by atoms with E-state index in [1.807, 2.05) is 117 Å². The van der Waals surface area contributed by atoms with Gasteiger partial charge in [0.05, 0.1) is 47.0 Å². The normalized spacial score (nSPS) is 18.0. The van der Waals surface area contributed by atoms with Gasteiger partial charge in [0.1, 0.15) is 41.2 Å². The van der Waals surface area contributed by atoms with Crippen LogP contribution >= 0.6 is 7.87 Å². The van der Waals surface area contributed by atoms with Crippen LogP contribution in [0.4, 0.5) is 0 Å². The van der Waals surface area contributed by atoms with Crippen LogP contribution in [0, 0.1) is 11.3 Å². The number of nitrogens with one attached hydrogen (secondary N) is 1. The van der Waals surface area contributed by atoms with Gasteiger partial charge in [-0.15, -0.1) is 4.67 Å². The maximum Gasteiger partial charge on any atom is 0.347 e. The van der Waals surface area contributed by atoms with Crippen LogP contribution in [0.3, 0.4) is 0 Å². The predicted molar refractivity (Wildman–Crippen MR) is 299 cm³/mol. The van der Waals surface area contributed by atoms with E-state index < -0.39 is 49.3 Å². The average Bonchev–Trinajstić information content (AvgIpc) is 3.82. The van der Waals surface area contributed by atoms with Gasteiger partial charge in [0, 0.05) is 35.1 Å². The minimum Gasteiger partial charge on any atom is -0.497 e. The Morgan fingerprint density at radius 2 is 1.33 bits per heavy atom. The molecular formula is C61H68N4O10P+. The lowest BCUT2D eigenvalue weighted by molar-refractivity contribution is -0.0988. The number of aromatic amines is 1. The number of rotatable bonds is 20. The molecule has 2 heterocycles. The maximum atomic E-state index is 14.1. The van der Waals surface area contributed by atoms with E-state index in [4.69, 9.17) is 32.9 Å². The molecule has 0 saturated carbocycles. The third kappa shape index (κ3) is 10.3. The van der Waals surface area contributed by atoms with Crippen molar-refractivity contribution in [1.82, 2.24) is 14.2 Å². The Morgan fingerprint density at radius 3 is 1.87 bits per heavy atom. The number of hydrogen-bond acceptors (Lipinski definition) is 12. The molecule has 14 nitrogen and oxygen atoms in total. The molecule has 1 saturated heterocycles. The van der Waals surface area contributed by atoms with Crippen LogP contribution in [0.25, 0.3) is 32.3 Å². The molecule has 76 heavy (non-hydrogen) atoms. The molecule has 0 bridgehead atoms. The van der Waals surface area contributed by atoms with Crippen LogP contribution in [0.1, 0.15) is 88.9 Å². The molecule has 0 aliphatic carbocycles. The molecule has 0 amide bonds. The quantitative estimate of drug-likeness (QED) is 0.0422. The van der Waals surface area contributed by atoms with E-state index >= 15 is 0 Å². The van der Waals surface area contributed by atoms with Gasteiger partial charge in [-0.1, -0.05) is 106 Å². The molecule has 15 heteroatoms. The van der Waals surface area contributed by atoms with E-state index in [9.17, 15) is 19.7 Å². The second kappa shape index (κ2) is 22.1. The summed E-state index contributed by atoms with van der Waals surface area (Å²) in [6.45, 7) is 14.3. The van der Waals surface area contributed by atoms with Gasteiger partial charge in [0.15, 0.2) is 12.3 Å². The molecule has 0 radical (unpaired) electrons.